The molecule has 0 spiro atoms. The number of nitrogens with zero attached hydrogens (tertiary/aromatic N) is 6. The molecule has 20 heavy (non-hydrogen) atoms. The SMILES string of the molecule is CC(C)(C)OCCOc1nc(N)nc(-n2cncn2)n1. The molecule has 0 saturated carbocycles. The van der Waals surface area contributed by atoms with Crippen molar-refractivity contribution in [1.29, 1.82) is 0 Å². The summed E-state index contributed by atoms with van der Waals surface area (Å²) in [6, 6.07) is 0.125. The van der Waals surface area contributed by atoms with Gasteiger partial charge in [0.05, 0.1) is 12.2 Å². The Morgan fingerprint density at radius 3 is 2.65 bits per heavy atom. The highest BCUT2D eigenvalue weighted by atomic mass is 16.5. The minimum absolute atomic E-state index is 0.0530. The van der Waals surface area contributed by atoms with Gasteiger partial charge in [-0.1, -0.05) is 0 Å². The normalized spacial score (nSPS) is 11.6. The maximum Gasteiger partial charge on any atom is 0.323 e. The number of nitrogens with two attached hydrogens (primary N) is 1. The van der Waals surface area contributed by atoms with Gasteiger partial charge in [-0.25, -0.2) is 4.98 Å². The van der Waals surface area contributed by atoms with Crippen molar-refractivity contribution in [2.24, 2.45) is 0 Å². The van der Waals surface area contributed by atoms with Crippen LogP contribution in [0.4, 0.5) is 5.95 Å². The summed E-state index contributed by atoms with van der Waals surface area (Å²) < 4.78 is 12.3. The van der Waals surface area contributed by atoms with E-state index in [9.17, 15) is 0 Å². The quantitative estimate of drug-likeness (QED) is 0.773. The van der Waals surface area contributed by atoms with Crippen molar-refractivity contribution in [3.8, 4) is 12.0 Å². The molecule has 0 amide bonds. The molecule has 2 aromatic rings. The van der Waals surface area contributed by atoms with Gasteiger partial charge in [0, 0.05) is 0 Å². The minimum atomic E-state index is -0.215. The highest BCUT2D eigenvalue weighted by Gasteiger charge is 2.11. The third-order valence-corrected chi connectivity index (χ3v) is 2.09. The summed E-state index contributed by atoms with van der Waals surface area (Å²) in [6.07, 6.45) is 2.83. The molecule has 0 fully saturated rings. The van der Waals surface area contributed by atoms with Crippen LogP contribution in [0.3, 0.4) is 0 Å². The second-order valence-electron chi connectivity index (χ2n) is 4.93. The van der Waals surface area contributed by atoms with Crippen LogP contribution in [0.15, 0.2) is 12.7 Å². The topological polar surface area (TPSA) is 114 Å². The Hall–Kier alpha value is -2.29. The van der Waals surface area contributed by atoms with Crippen molar-refractivity contribution in [2.45, 2.75) is 26.4 Å². The molecule has 2 N–H and O–H groups in total. The Balaban J connectivity index is 1.98. The smallest absolute Gasteiger partial charge is 0.323 e. The summed E-state index contributed by atoms with van der Waals surface area (Å²) in [5.41, 5.74) is 5.39. The molecule has 9 nitrogen and oxygen atoms in total. The van der Waals surface area contributed by atoms with E-state index in [4.69, 9.17) is 15.2 Å². The molecule has 0 atom stereocenters. The van der Waals surface area contributed by atoms with Crippen LogP contribution in [0, 0.1) is 0 Å². The fourth-order valence-electron chi connectivity index (χ4n) is 1.32. The zero-order chi connectivity index (χ0) is 14.6. The van der Waals surface area contributed by atoms with E-state index in [0.717, 1.165) is 0 Å². The van der Waals surface area contributed by atoms with Crippen molar-refractivity contribution in [3.05, 3.63) is 12.7 Å². The lowest BCUT2D eigenvalue weighted by Gasteiger charge is -2.19. The molecule has 0 aliphatic rings. The lowest BCUT2D eigenvalue weighted by Crippen LogP contribution is -2.23. The van der Waals surface area contributed by atoms with Crippen LogP contribution in [0.1, 0.15) is 20.8 Å². The predicted molar refractivity (Wildman–Crippen MR) is 70.4 cm³/mol. The van der Waals surface area contributed by atoms with Crippen molar-refractivity contribution in [1.82, 2.24) is 29.7 Å². The van der Waals surface area contributed by atoms with Crippen molar-refractivity contribution < 1.29 is 9.47 Å². The van der Waals surface area contributed by atoms with Gasteiger partial charge >= 0.3 is 6.01 Å². The number of aromatic nitrogens is 6. The molecular weight excluding hydrogens is 262 g/mol. The molecule has 0 radical (unpaired) electrons. The van der Waals surface area contributed by atoms with Gasteiger partial charge < -0.3 is 15.2 Å². The van der Waals surface area contributed by atoms with Gasteiger partial charge in [-0.2, -0.15) is 24.7 Å². The van der Waals surface area contributed by atoms with Crippen molar-refractivity contribution >= 4 is 5.95 Å². The molecule has 0 saturated heterocycles. The second-order valence-corrected chi connectivity index (χ2v) is 4.93. The number of hydrogen-bond donors (Lipinski definition) is 1. The minimum Gasteiger partial charge on any atom is -0.461 e. The lowest BCUT2D eigenvalue weighted by atomic mass is 10.2. The first-order valence-corrected chi connectivity index (χ1v) is 6.07. The van der Waals surface area contributed by atoms with Crippen molar-refractivity contribution in [2.75, 3.05) is 18.9 Å². The molecule has 0 aliphatic heterocycles. The third-order valence-electron chi connectivity index (χ3n) is 2.09. The molecule has 0 aliphatic carbocycles. The molecular formula is C11H17N7O2. The van der Waals surface area contributed by atoms with Gasteiger partial charge in [-0.3, -0.25) is 0 Å². The molecule has 9 heteroatoms. The van der Waals surface area contributed by atoms with E-state index in [1.807, 2.05) is 20.8 Å². The first-order valence-electron chi connectivity index (χ1n) is 6.07. The van der Waals surface area contributed by atoms with Crippen LogP contribution >= 0.6 is 0 Å². The van der Waals surface area contributed by atoms with Gasteiger partial charge in [0.15, 0.2) is 0 Å². The second kappa shape index (κ2) is 5.78. The Morgan fingerprint density at radius 2 is 2.00 bits per heavy atom. The Bertz CT molecular complexity index is 550. The van der Waals surface area contributed by atoms with Gasteiger partial charge in [0.2, 0.25) is 5.95 Å². The summed E-state index contributed by atoms with van der Waals surface area (Å²) >= 11 is 0. The van der Waals surface area contributed by atoms with Crippen LogP contribution in [-0.4, -0.2) is 48.5 Å². The van der Waals surface area contributed by atoms with E-state index in [1.54, 1.807) is 0 Å². The standard InChI is InChI=1S/C11H17N7O2/c1-11(2,3)20-5-4-19-10-16-8(12)15-9(17-10)18-7-13-6-14-18/h6-7H,4-5H2,1-3H3,(H2,12,15,16,17). The number of ether oxygens (including phenoxy) is 2. The summed E-state index contributed by atoms with van der Waals surface area (Å²) in [5, 5.41) is 3.91. The highest BCUT2D eigenvalue weighted by molar-refractivity contribution is 5.23. The van der Waals surface area contributed by atoms with E-state index in [1.165, 1.54) is 17.3 Å². The fourth-order valence-corrected chi connectivity index (χ4v) is 1.32. The molecule has 2 aromatic heterocycles. The Labute approximate surface area is 116 Å². The Morgan fingerprint density at radius 1 is 1.20 bits per heavy atom. The predicted octanol–water partition coefficient (Wildman–Crippen LogP) is 0.228. The Kier molecular flexibility index (Phi) is 4.08. The van der Waals surface area contributed by atoms with Crippen LogP contribution in [0.2, 0.25) is 0 Å². The monoisotopic (exact) mass is 279 g/mol. The van der Waals surface area contributed by atoms with E-state index in [0.29, 0.717) is 13.2 Å². The number of hydrogen-bond acceptors (Lipinski definition) is 8. The van der Waals surface area contributed by atoms with E-state index in [-0.39, 0.29) is 23.5 Å². The first kappa shape index (κ1) is 14.1. The number of anilines is 1. The summed E-state index contributed by atoms with van der Waals surface area (Å²) in [6.45, 7) is 6.65. The van der Waals surface area contributed by atoms with E-state index < -0.39 is 0 Å². The van der Waals surface area contributed by atoms with Crippen LogP contribution in [-0.2, 0) is 4.74 Å². The maximum atomic E-state index is 5.60. The molecule has 0 unspecified atom stereocenters. The molecule has 2 heterocycles. The summed E-state index contributed by atoms with van der Waals surface area (Å²) in [5.74, 6) is 0.305. The van der Waals surface area contributed by atoms with Gasteiger partial charge in [-0.15, -0.1) is 0 Å². The van der Waals surface area contributed by atoms with Gasteiger partial charge in [0.25, 0.3) is 5.95 Å². The average molecular weight is 279 g/mol. The molecule has 0 aromatic carbocycles. The van der Waals surface area contributed by atoms with Gasteiger partial charge in [0.1, 0.15) is 19.3 Å². The maximum absolute atomic E-state index is 5.60. The zero-order valence-electron chi connectivity index (χ0n) is 11.6. The first-order chi connectivity index (χ1) is 9.44. The number of rotatable bonds is 5. The third kappa shape index (κ3) is 4.12. The van der Waals surface area contributed by atoms with E-state index in [2.05, 4.69) is 25.0 Å². The fraction of sp³-hybridized carbons (Fsp3) is 0.545. The van der Waals surface area contributed by atoms with Crippen molar-refractivity contribution in [3.63, 3.8) is 0 Å². The van der Waals surface area contributed by atoms with Crippen LogP contribution in [0.25, 0.3) is 5.95 Å². The largest absolute Gasteiger partial charge is 0.461 e. The summed E-state index contributed by atoms with van der Waals surface area (Å²) in [4.78, 5) is 15.7. The average Bonchev–Trinajstić information content (AvgIpc) is 2.86. The van der Waals surface area contributed by atoms with Crippen LogP contribution < -0.4 is 10.5 Å². The summed E-state index contributed by atoms with van der Waals surface area (Å²) in [7, 11) is 0. The zero-order valence-corrected chi connectivity index (χ0v) is 11.6. The molecule has 2 rings (SSSR count). The number of nitrogen functional groups attached to an aromatic ring is 1. The molecule has 108 valence electrons. The lowest BCUT2D eigenvalue weighted by molar-refractivity contribution is -0.0173. The van der Waals surface area contributed by atoms with E-state index >= 15 is 0 Å². The van der Waals surface area contributed by atoms with Gasteiger partial charge in [-0.05, 0) is 20.8 Å². The highest BCUT2D eigenvalue weighted by Crippen LogP contribution is 2.09. The molecule has 0 bridgehead atoms. The van der Waals surface area contributed by atoms with Crippen LogP contribution in [0.5, 0.6) is 6.01 Å².